The van der Waals surface area contributed by atoms with Gasteiger partial charge >= 0.3 is 0 Å². The highest BCUT2D eigenvalue weighted by atomic mass is 35.5. The molecule has 0 aromatic heterocycles. The average molecular weight is 349 g/mol. The molecule has 0 unspecified atom stereocenters. The Morgan fingerprint density at radius 1 is 1.08 bits per heavy atom. The van der Waals surface area contributed by atoms with Crippen LogP contribution in [-0.2, 0) is 9.59 Å². The Morgan fingerprint density at radius 2 is 1.79 bits per heavy atom. The number of halogens is 2. The third-order valence-electron chi connectivity index (χ3n) is 2.83. The van der Waals surface area contributed by atoms with Gasteiger partial charge in [-0.3, -0.25) is 20.4 Å². The van der Waals surface area contributed by atoms with Gasteiger partial charge in [0.15, 0.2) is 6.61 Å². The fraction of sp³-hybridized carbons (Fsp3) is 0.0588. The Bertz CT molecular complexity index is 748. The normalized spacial score (nSPS) is 10.4. The van der Waals surface area contributed by atoms with Gasteiger partial charge < -0.3 is 4.74 Å². The van der Waals surface area contributed by atoms with Crippen LogP contribution in [0.1, 0.15) is 5.56 Å². The molecule has 0 fully saturated rings. The Morgan fingerprint density at radius 3 is 2.50 bits per heavy atom. The number of ether oxygens (including phenoxy) is 1. The molecule has 0 spiro atoms. The summed E-state index contributed by atoms with van der Waals surface area (Å²) in [5.41, 5.74) is 5.08. The van der Waals surface area contributed by atoms with Crippen LogP contribution in [0.25, 0.3) is 6.08 Å². The summed E-state index contributed by atoms with van der Waals surface area (Å²) in [7, 11) is 0. The Hall–Kier alpha value is -2.86. The summed E-state index contributed by atoms with van der Waals surface area (Å²) in [4.78, 5) is 23.2. The van der Waals surface area contributed by atoms with E-state index in [1.165, 1.54) is 36.4 Å². The van der Waals surface area contributed by atoms with E-state index < -0.39 is 17.6 Å². The van der Waals surface area contributed by atoms with Crippen LogP contribution in [0.4, 0.5) is 4.39 Å². The SMILES string of the molecule is O=C(/C=C/c1ccccc1Cl)NNC(=O)COc1ccc(F)cc1. The van der Waals surface area contributed by atoms with E-state index in [1.54, 1.807) is 24.3 Å². The second kappa shape index (κ2) is 8.69. The van der Waals surface area contributed by atoms with Crippen molar-refractivity contribution < 1.29 is 18.7 Å². The highest BCUT2D eigenvalue weighted by molar-refractivity contribution is 6.32. The maximum absolute atomic E-state index is 12.7. The highest BCUT2D eigenvalue weighted by Crippen LogP contribution is 2.16. The van der Waals surface area contributed by atoms with Gasteiger partial charge in [0.1, 0.15) is 11.6 Å². The van der Waals surface area contributed by atoms with Crippen LogP contribution in [0.3, 0.4) is 0 Å². The summed E-state index contributed by atoms with van der Waals surface area (Å²) >= 11 is 5.95. The minimum atomic E-state index is -0.557. The molecule has 2 amide bonds. The molecule has 0 aliphatic heterocycles. The fourth-order valence-electron chi connectivity index (χ4n) is 1.66. The first kappa shape index (κ1) is 17.5. The van der Waals surface area contributed by atoms with Crippen molar-refractivity contribution in [3.63, 3.8) is 0 Å². The number of rotatable bonds is 5. The van der Waals surface area contributed by atoms with Gasteiger partial charge in [0.05, 0.1) is 0 Å². The van der Waals surface area contributed by atoms with E-state index in [0.717, 1.165) is 0 Å². The summed E-state index contributed by atoms with van der Waals surface area (Å²) in [6, 6.07) is 12.2. The van der Waals surface area contributed by atoms with Gasteiger partial charge in [0.25, 0.3) is 11.8 Å². The molecule has 0 aliphatic rings. The first-order chi connectivity index (χ1) is 11.5. The van der Waals surface area contributed by atoms with Crippen LogP contribution < -0.4 is 15.6 Å². The van der Waals surface area contributed by atoms with Crippen LogP contribution in [0.2, 0.25) is 5.02 Å². The summed E-state index contributed by atoms with van der Waals surface area (Å²) in [5, 5.41) is 0.512. The first-order valence-electron chi connectivity index (χ1n) is 6.94. The van der Waals surface area contributed by atoms with E-state index in [-0.39, 0.29) is 6.61 Å². The number of hydrogen-bond donors (Lipinski definition) is 2. The molecule has 0 heterocycles. The molecular weight excluding hydrogens is 335 g/mol. The van der Waals surface area contributed by atoms with Crippen molar-refractivity contribution >= 4 is 29.5 Å². The van der Waals surface area contributed by atoms with Crippen LogP contribution in [0.15, 0.2) is 54.6 Å². The molecule has 7 heteroatoms. The molecule has 5 nitrogen and oxygen atoms in total. The average Bonchev–Trinajstić information content (AvgIpc) is 2.58. The van der Waals surface area contributed by atoms with Gasteiger partial charge in [0.2, 0.25) is 0 Å². The molecular formula is C17H14ClFN2O3. The smallest absolute Gasteiger partial charge is 0.276 e. The molecule has 2 aromatic rings. The van der Waals surface area contributed by atoms with E-state index in [9.17, 15) is 14.0 Å². The number of amides is 2. The lowest BCUT2D eigenvalue weighted by Gasteiger charge is -2.07. The number of benzene rings is 2. The van der Waals surface area contributed by atoms with Crippen molar-refractivity contribution in [3.8, 4) is 5.75 Å². The standard InChI is InChI=1S/C17H14ClFN2O3/c18-15-4-2-1-3-12(15)5-10-16(22)20-21-17(23)11-24-14-8-6-13(19)7-9-14/h1-10H,11H2,(H,20,22)(H,21,23)/b10-5+. The second-order valence-electron chi connectivity index (χ2n) is 4.63. The van der Waals surface area contributed by atoms with Crippen molar-refractivity contribution in [3.05, 3.63) is 71.0 Å². The molecule has 0 bridgehead atoms. The first-order valence-corrected chi connectivity index (χ1v) is 7.32. The summed E-state index contributed by atoms with van der Waals surface area (Å²) in [6.45, 7) is -0.319. The predicted octanol–water partition coefficient (Wildman–Crippen LogP) is 2.72. The van der Waals surface area contributed by atoms with Crippen molar-refractivity contribution in [2.45, 2.75) is 0 Å². The lowest BCUT2D eigenvalue weighted by Crippen LogP contribution is -2.43. The number of nitrogens with one attached hydrogen (secondary N) is 2. The van der Waals surface area contributed by atoms with Gasteiger partial charge in [-0.05, 0) is 42.0 Å². The zero-order valence-corrected chi connectivity index (χ0v) is 13.2. The lowest BCUT2D eigenvalue weighted by atomic mass is 10.2. The Kier molecular flexibility index (Phi) is 6.33. The summed E-state index contributed by atoms with van der Waals surface area (Å²) in [5.74, 6) is -1.13. The molecule has 2 rings (SSSR count). The van der Waals surface area contributed by atoms with E-state index in [2.05, 4.69) is 10.9 Å². The minimum Gasteiger partial charge on any atom is -0.484 e. The van der Waals surface area contributed by atoms with E-state index in [1.807, 2.05) is 0 Å². The van der Waals surface area contributed by atoms with E-state index >= 15 is 0 Å². The summed E-state index contributed by atoms with van der Waals surface area (Å²) in [6.07, 6.45) is 2.77. The van der Waals surface area contributed by atoms with Crippen LogP contribution in [-0.4, -0.2) is 18.4 Å². The van der Waals surface area contributed by atoms with Gasteiger partial charge in [-0.2, -0.15) is 0 Å². The third kappa shape index (κ3) is 5.73. The zero-order chi connectivity index (χ0) is 17.4. The predicted molar refractivity (Wildman–Crippen MR) is 88.7 cm³/mol. The number of carbonyl (C=O) groups excluding carboxylic acids is 2. The van der Waals surface area contributed by atoms with Crippen molar-refractivity contribution in [1.29, 1.82) is 0 Å². The molecule has 2 N–H and O–H groups in total. The largest absolute Gasteiger partial charge is 0.484 e. The maximum atomic E-state index is 12.7. The van der Waals surface area contributed by atoms with Crippen molar-refractivity contribution in [2.75, 3.05) is 6.61 Å². The Balaban J connectivity index is 1.74. The molecule has 0 aliphatic carbocycles. The van der Waals surface area contributed by atoms with Gasteiger partial charge in [-0.15, -0.1) is 0 Å². The maximum Gasteiger partial charge on any atom is 0.276 e. The molecule has 0 saturated heterocycles. The molecule has 2 aromatic carbocycles. The molecule has 0 saturated carbocycles. The van der Waals surface area contributed by atoms with Crippen LogP contribution >= 0.6 is 11.6 Å². The Labute approximate surface area is 143 Å². The molecule has 0 radical (unpaired) electrons. The lowest BCUT2D eigenvalue weighted by molar-refractivity contribution is -0.128. The van der Waals surface area contributed by atoms with E-state index in [0.29, 0.717) is 16.3 Å². The second-order valence-corrected chi connectivity index (χ2v) is 5.04. The minimum absolute atomic E-state index is 0.319. The fourth-order valence-corrected chi connectivity index (χ4v) is 1.86. The topological polar surface area (TPSA) is 67.4 Å². The van der Waals surface area contributed by atoms with Crippen molar-refractivity contribution in [2.24, 2.45) is 0 Å². The molecule has 0 atom stereocenters. The van der Waals surface area contributed by atoms with Crippen LogP contribution in [0, 0.1) is 5.82 Å². The number of hydrazine groups is 1. The highest BCUT2D eigenvalue weighted by Gasteiger charge is 2.04. The number of hydrogen-bond acceptors (Lipinski definition) is 3. The van der Waals surface area contributed by atoms with Gasteiger partial charge in [-0.25, -0.2) is 4.39 Å². The number of carbonyl (C=O) groups is 2. The van der Waals surface area contributed by atoms with Gasteiger partial charge in [0, 0.05) is 11.1 Å². The molecule has 24 heavy (non-hydrogen) atoms. The van der Waals surface area contributed by atoms with Gasteiger partial charge in [-0.1, -0.05) is 29.8 Å². The van der Waals surface area contributed by atoms with Crippen LogP contribution in [0.5, 0.6) is 5.75 Å². The summed E-state index contributed by atoms with van der Waals surface area (Å²) < 4.78 is 17.9. The third-order valence-corrected chi connectivity index (χ3v) is 3.17. The van der Waals surface area contributed by atoms with Crippen molar-refractivity contribution in [1.82, 2.24) is 10.9 Å². The quantitative estimate of drug-likeness (QED) is 0.645. The van der Waals surface area contributed by atoms with E-state index in [4.69, 9.17) is 16.3 Å². The monoisotopic (exact) mass is 348 g/mol. The molecule has 124 valence electrons. The zero-order valence-electron chi connectivity index (χ0n) is 12.5.